The Morgan fingerprint density at radius 3 is 2.66 bits per heavy atom. The number of pyridine rings is 1. The van der Waals surface area contributed by atoms with Crippen LogP contribution in [-0.4, -0.2) is 26.9 Å². The molecule has 1 amide bonds. The van der Waals surface area contributed by atoms with E-state index >= 15 is 0 Å². The predicted octanol–water partition coefficient (Wildman–Crippen LogP) is 4.95. The molecule has 5 rings (SSSR count). The Hall–Kier alpha value is -4.06. The van der Waals surface area contributed by atoms with Crippen molar-refractivity contribution in [2.45, 2.75) is 13.3 Å². The van der Waals surface area contributed by atoms with E-state index in [1.165, 1.54) is 0 Å². The summed E-state index contributed by atoms with van der Waals surface area (Å²) < 4.78 is 0. The summed E-state index contributed by atoms with van der Waals surface area (Å²) in [4.78, 5) is 29.6. The Bertz CT molecular complexity index is 1340. The number of ketones is 1. The first-order chi connectivity index (χ1) is 15.6. The number of nitrogens with one attached hydrogen (secondary N) is 2. The minimum absolute atomic E-state index is 0.0206. The number of carbonyl (C=O) groups excluding carboxylic acids is 2. The molecule has 2 unspecified atom stereocenters. The van der Waals surface area contributed by atoms with E-state index in [-0.39, 0.29) is 17.6 Å². The number of anilines is 1. The summed E-state index contributed by atoms with van der Waals surface area (Å²) in [6, 6.07) is 18.3. The van der Waals surface area contributed by atoms with Crippen LogP contribution in [-0.2, 0) is 4.79 Å². The SMILES string of the molecule is CC1CC1C(=O)Nc1cccc(C(=O)c2ccc3c(C=Cc4ccccn4)n[nH]c3c2)c1. The minimum atomic E-state index is -0.108. The van der Waals surface area contributed by atoms with Crippen molar-refractivity contribution < 1.29 is 9.59 Å². The fraction of sp³-hybridized carbons (Fsp3) is 0.154. The monoisotopic (exact) mass is 422 g/mol. The van der Waals surface area contributed by atoms with Gasteiger partial charge in [0.1, 0.15) is 0 Å². The third-order valence-electron chi connectivity index (χ3n) is 5.79. The van der Waals surface area contributed by atoms with Crippen molar-refractivity contribution in [3.05, 3.63) is 89.4 Å². The van der Waals surface area contributed by atoms with Crippen molar-refractivity contribution in [2.75, 3.05) is 5.32 Å². The summed E-state index contributed by atoms with van der Waals surface area (Å²) in [5.74, 6) is 0.429. The molecule has 1 fully saturated rings. The summed E-state index contributed by atoms with van der Waals surface area (Å²) in [5, 5.41) is 11.2. The lowest BCUT2D eigenvalue weighted by atomic mass is 10.0. The second-order valence-electron chi connectivity index (χ2n) is 8.18. The van der Waals surface area contributed by atoms with Gasteiger partial charge in [0.15, 0.2) is 5.78 Å². The first kappa shape index (κ1) is 19.9. The molecule has 32 heavy (non-hydrogen) atoms. The number of nitrogens with zero attached hydrogens (tertiary/aromatic N) is 2. The highest BCUT2D eigenvalue weighted by Gasteiger charge is 2.39. The van der Waals surface area contributed by atoms with Gasteiger partial charge in [-0.05, 0) is 60.9 Å². The van der Waals surface area contributed by atoms with Gasteiger partial charge in [-0.2, -0.15) is 5.10 Å². The lowest BCUT2D eigenvalue weighted by Crippen LogP contribution is -2.14. The number of H-pyrrole nitrogens is 1. The highest BCUT2D eigenvalue weighted by Crippen LogP contribution is 2.38. The molecule has 2 aromatic carbocycles. The highest BCUT2D eigenvalue weighted by atomic mass is 16.2. The Balaban J connectivity index is 1.36. The number of hydrogen-bond donors (Lipinski definition) is 2. The molecule has 0 bridgehead atoms. The molecule has 158 valence electrons. The van der Waals surface area contributed by atoms with Crippen LogP contribution in [0.1, 0.15) is 40.7 Å². The zero-order valence-electron chi connectivity index (χ0n) is 17.6. The maximum absolute atomic E-state index is 13.1. The van der Waals surface area contributed by atoms with Gasteiger partial charge >= 0.3 is 0 Å². The average molecular weight is 422 g/mol. The van der Waals surface area contributed by atoms with E-state index < -0.39 is 0 Å². The molecule has 6 nitrogen and oxygen atoms in total. The van der Waals surface area contributed by atoms with Crippen LogP contribution in [0.25, 0.3) is 23.1 Å². The average Bonchev–Trinajstić information content (AvgIpc) is 3.42. The van der Waals surface area contributed by atoms with Crippen LogP contribution in [0.3, 0.4) is 0 Å². The molecule has 2 aromatic heterocycles. The summed E-state index contributed by atoms with van der Waals surface area (Å²) in [6.45, 7) is 2.07. The fourth-order valence-corrected chi connectivity index (χ4v) is 3.78. The summed E-state index contributed by atoms with van der Waals surface area (Å²) >= 11 is 0. The van der Waals surface area contributed by atoms with Crippen LogP contribution < -0.4 is 5.32 Å². The van der Waals surface area contributed by atoms with Crippen molar-refractivity contribution in [3.63, 3.8) is 0 Å². The second kappa shape index (κ2) is 8.23. The zero-order chi connectivity index (χ0) is 22.1. The van der Waals surface area contributed by atoms with E-state index in [0.29, 0.717) is 22.7 Å². The van der Waals surface area contributed by atoms with E-state index in [2.05, 4.69) is 27.4 Å². The third kappa shape index (κ3) is 4.07. The predicted molar refractivity (Wildman–Crippen MR) is 125 cm³/mol. The normalized spacial score (nSPS) is 17.5. The van der Waals surface area contributed by atoms with Crippen LogP contribution in [0, 0.1) is 11.8 Å². The first-order valence-corrected chi connectivity index (χ1v) is 10.6. The summed E-state index contributed by atoms with van der Waals surface area (Å²) in [7, 11) is 0. The Kier molecular flexibility index (Phi) is 5.11. The third-order valence-corrected chi connectivity index (χ3v) is 5.79. The van der Waals surface area contributed by atoms with Gasteiger partial charge in [0.25, 0.3) is 0 Å². The molecule has 0 radical (unpaired) electrons. The molecule has 0 aliphatic heterocycles. The number of amides is 1. The van der Waals surface area contributed by atoms with Crippen LogP contribution in [0.15, 0.2) is 66.9 Å². The van der Waals surface area contributed by atoms with Crippen LogP contribution in [0.5, 0.6) is 0 Å². The van der Waals surface area contributed by atoms with Gasteiger partial charge in [-0.3, -0.25) is 19.7 Å². The molecular formula is C26H22N4O2. The number of carbonyl (C=O) groups is 2. The number of benzene rings is 2. The van der Waals surface area contributed by atoms with Gasteiger partial charge in [-0.1, -0.05) is 31.2 Å². The van der Waals surface area contributed by atoms with Crippen molar-refractivity contribution in [2.24, 2.45) is 11.8 Å². The van der Waals surface area contributed by atoms with Crippen LogP contribution >= 0.6 is 0 Å². The van der Waals surface area contributed by atoms with Gasteiger partial charge in [0.2, 0.25) is 5.91 Å². The Labute approximate surface area is 185 Å². The van der Waals surface area contributed by atoms with Gasteiger partial charge in [-0.25, -0.2) is 0 Å². The van der Waals surface area contributed by atoms with Gasteiger partial charge in [0, 0.05) is 34.3 Å². The standard InChI is InChI=1S/C26H22N4O2/c1-16-13-22(16)26(32)28-20-7-4-5-17(14-20)25(31)18-8-10-21-23(29-30-24(21)15-18)11-9-19-6-2-3-12-27-19/h2-12,14-16,22H,13H2,1H3,(H,28,32)(H,29,30). The molecule has 6 heteroatoms. The smallest absolute Gasteiger partial charge is 0.227 e. The topological polar surface area (TPSA) is 87.7 Å². The maximum Gasteiger partial charge on any atom is 0.227 e. The van der Waals surface area contributed by atoms with E-state index in [4.69, 9.17) is 0 Å². The fourth-order valence-electron chi connectivity index (χ4n) is 3.78. The van der Waals surface area contributed by atoms with E-state index in [1.54, 1.807) is 42.6 Å². The first-order valence-electron chi connectivity index (χ1n) is 10.6. The molecule has 2 atom stereocenters. The van der Waals surface area contributed by atoms with E-state index in [9.17, 15) is 9.59 Å². The van der Waals surface area contributed by atoms with E-state index in [0.717, 1.165) is 28.7 Å². The van der Waals surface area contributed by atoms with Crippen LogP contribution in [0.2, 0.25) is 0 Å². The molecule has 0 saturated heterocycles. The van der Waals surface area contributed by atoms with Gasteiger partial charge in [0.05, 0.1) is 16.9 Å². The van der Waals surface area contributed by atoms with Crippen molar-refractivity contribution in [3.8, 4) is 0 Å². The summed E-state index contributed by atoms with van der Waals surface area (Å²) in [6.07, 6.45) is 6.47. The zero-order valence-corrected chi connectivity index (χ0v) is 17.6. The Morgan fingerprint density at radius 1 is 1.03 bits per heavy atom. The lowest BCUT2D eigenvalue weighted by molar-refractivity contribution is -0.117. The summed E-state index contributed by atoms with van der Waals surface area (Å²) in [5.41, 5.74) is 4.14. The number of fused-ring (bicyclic) bond motifs is 1. The van der Waals surface area contributed by atoms with Crippen molar-refractivity contribution in [1.82, 2.24) is 15.2 Å². The van der Waals surface area contributed by atoms with Gasteiger partial charge in [-0.15, -0.1) is 0 Å². The van der Waals surface area contributed by atoms with E-state index in [1.807, 2.05) is 36.4 Å². The number of aromatic amines is 1. The maximum atomic E-state index is 13.1. The quantitative estimate of drug-likeness (QED) is 0.430. The largest absolute Gasteiger partial charge is 0.326 e. The molecule has 0 spiro atoms. The molecule has 1 aliphatic carbocycles. The highest BCUT2D eigenvalue weighted by molar-refractivity contribution is 6.11. The lowest BCUT2D eigenvalue weighted by Gasteiger charge is -2.07. The molecule has 2 heterocycles. The van der Waals surface area contributed by atoms with Crippen molar-refractivity contribution in [1.29, 1.82) is 0 Å². The van der Waals surface area contributed by atoms with Gasteiger partial charge < -0.3 is 5.32 Å². The van der Waals surface area contributed by atoms with Crippen LogP contribution in [0.4, 0.5) is 5.69 Å². The number of rotatable bonds is 6. The minimum Gasteiger partial charge on any atom is -0.326 e. The molecular weight excluding hydrogens is 400 g/mol. The number of aromatic nitrogens is 3. The second-order valence-corrected chi connectivity index (χ2v) is 8.18. The molecule has 1 saturated carbocycles. The van der Waals surface area contributed by atoms with Crippen molar-refractivity contribution >= 4 is 40.4 Å². The Morgan fingerprint density at radius 2 is 1.88 bits per heavy atom. The molecule has 2 N–H and O–H groups in total. The molecule has 1 aliphatic rings. The number of hydrogen-bond acceptors (Lipinski definition) is 4. The molecule has 4 aromatic rings.